The van der Waals surface area contributed by atoms with Crippen LogP contribution >= 0.6 is 23.4 Å². The fourth-order valence-electron chi connectivity index (χ4n) is 2.89. The Labute approximate surface area is 124 Å². The molecule has 5 heteroatoms. The van der Waals surface area contributed by atoms with E-state index in [1.807, 2.05) is 16.4 Å². The lowest BCUT2D eigenvalue weighted by Crippen LogP contribution is -2.19. The van der Waals surface area contributed by atoms with E-state index in [4.69, 9.17) is 16.3 Å². The molecule has 0 amide bonds. The van der Waals surface area contributed by atoms with Gasteiger partial charge in [-0.2, -0.15) is 16.9 Å². The van der Waals surface area contributed by atoms with Crippen molar-refractivity contribution < 1.29 is 4.74 Å². The molecule has 3 nitrogen and oxygen atoms in total. The van der Waals surface area contributed by atoms with Gasteiger partial charge in [0.25, 0.3) is 0 Å². The summed E-state index contributed by atoms with van der Waals surface area (Å²) in [6.45, 7) is 0.930. The SMILES string of the molecule is Clc1c(OC2CCCCC2)cnn1CC1CCSC1. The molecule has 1 unspecified atom stereocenters. The lowest BCUT2D eigenvalue weighted by molar-refractivity contribution is 0.155. The van der Waals surface area contributed by atoms with Crippen molar-refractivity contribution in [1.82, 2.24) is 9.78 Å². The second kappa shape index (κ2) is 6.40. The molecule has 1 aliphatic carbocycles. The third-order valence-corrected chi connectivity index (χ3v) is 5.66. The summed E-state index contributed by atoms with van der Waals surface area (Å²) in [5.74, 6) is 3.99. The summed E-state index contributed by atoms with van der Waals surface area (Å²) >= 11 is 8.42. The highest BCUT2D eigenvalue weighted by atomic mass is 35.5. The Morgan fingerprint density at radius 3 is 2.89 bits per heavy atom. The van der Waals surface area contributed by atoms with Crippen LogP contribution in [0, 0.1) is 5.92 Å². The third-order valence-electron chi connectivity index (χ3n) is 4.05. The van der Waals surface area contributed by atoms with Crippen molar-refractivity contribution in [3.8, 4) is 5.75 Å². The summed E-state index contributed by atoms with van der Waals surface area (Å²) in [5.41, 5.74) is 0. The van der Waals surface area contributed by atoms with Gasteiger partial charge in [-0.25, -0.2) is 0 Å². The van der Waals surface area contributed by atoms with Gasteiger partial charge in [-0.05, 0) is 49.5 Å². The molecule has 0 bridgehead atoms. The number of thioether (sulfide) groups is 1. The molecule has 1 aliphatic heterocycles. The van der Waals surface area contributed by atoms with Crippen LogP contribution in [0.1, 0.15) is 38.5 Å². The van der Waals surface area contributed by atoms with E-state index in [9.17, 15) is 0 Å². The summed E-state index contributed by atoms with van der Waals surface area (Å²) in [4.78, 5) is 0. The largest absolute Gasteiger partial charge is 0.486 e. The lowest BCUT2D eigenvalue weighted by Gasteiger charge is -2.22. The summed E-state index contributed by atoms with van der Waals surface area (Å²) in [7, 11) is 0. The summed E-state index contributed by atoms with van der Waals surface area (Å²) in [6.07, 6.45) is 9.60. The number of aromatic nitrogens is 2. The Morgan fingerprint density at radius 2 is 2.16 bits per heavy atom. The number of rotatable bonds is 4. The normalized spacial score (nSPS) is 24.8. The van der Waals surface area contributed by atoms with Crippen LogP contribution in [-0.4, -0.2) is 27.4 Å². The van der Waals surface area contributed by atoms with Gasteiger partial charge in [0.1, 0.15) is 0 Å². The monoisotopic (exact) mass is 300 g/mol. The van der Waals surface area contributed by atoms with E-state index in [0.717, 1.165) is 25.1 Å². The first-order chi connectivity index (χ1) is 9.33. The van der Waals surface area contributed by atoms with E-state index in [2.05, 4.69) is 5.10 Å². The van der Waals surface area contributed by atoms with Crippen molar-refractivity contribution in [1.29, 1.82) is 0 Å². The quantitative estimate of drug-likeness (QED) is 0.841. The van der Waals surface area contributed by atoms with Gasteiger partial charge in [0.15, 0.2) is 10.9 Å². The molecular formula is C14H21ClN2OS. The van der Waals surface area contributed by atoms with Gasteiger partial charge in [-0.15, -0.1) is 0 Å². The predicted molar refractivity (Wildman–Crippen MR) is 80.2 cm³/mol. The standard InChI is InChI=1S/C14H21ClN2OS/c15-14-13(18-12-4-2-1-3-5-12)8-16-17(14)9-11-6-7-19-10-11/h8,11-12H,1-7,9-10H2. The Balaban J connectivity index is 1.60. The average molecular weight is 301 g/mol. The zero-order valence-corrected chi connectivity index (χ0v) is 12.8. The van der Waals surface area contributed by atoms with Crippen LogP contribution in [0.15, 0.2) is 6.20 Å². The molecule has 1 saturated heterocycles. The molecule has 1 atom stereocenters. The first-order valence-corrected chi connectivity index (χ1v) is 8.82. The third kappa shape index (κ3) is 3.40. The van der Waals surface area contributed by atoms with Crippen molar-refractivity contribution in [2.24, 2.45) is 5.92 Å². The highest BCUT2D eigenvalue weighted by Gasteiger charge is 2.21. The van der Waals surface area contributed by atoms with E-state index in [1.54, 1.807) is 6.20 Å². The zero-order chi connectivity index (χ0) is 13.1. The topological polar surface area (TPSA) is 27.1 Å². The fraction of sp³-hybridized carbons (Fsp3) is 0.786. The van der Waals surface area contributed by atoms with E-state index in [1.165, 1.54) is 37.2 Å². The van der Waals surface area contributed by atoms with E-state index >= 15 is 0 Å². The lowest BCUT2D eigenvalue weighted by atomic mass is 9.98. The minimum absolute atomic E-state index is 0.339. The molecular weight excluding hydrogens is 280 g/mol. The summed E-state index contributed by atoms with van der Waals surface area (Å²) < 4.78 is 7.92. The van der Waals surface area contributed by atoms with Crippen molar-refractivity contribution in [2.75, 3.05) is 11.5 Å². The number of nitrogens with zero attached hydrogens (tertiary/aromatic N) is 2. The number of ether oxygens (including phenoxy) is 1. The Kier molecular flexibility index (Phi) is 4.59. The average Bonchev–Trinajstić information content (AvgIpc) is 3.05. The van der Waals surface area contributed by atoms with Gasteiger partial charge in [-0.1, -0.05) is 18.0 Å². The number of hydrogen-bond donors (Lipinski definition) is 0. The van der Waals surface area contributed by atoms with Gasteiger partial charge < -0.3 is 4.74 Å². The highest BCUT2D eigenvalue weighted by molar-refractivity contribution is 7.99. The van der Waals surface area contributed by atoms with Gasteiger partial charge in [0, 0.05) is 6.54 Å². The van der Waals surface area contributed by atoms with Gasteiger partial charge >= 0.3 is 0 Å². The molecule has 0 radical (unpaired) electrons. The summed E-state index contributed by atoms with van der Waals surface area (Å²) in [5, 5.41) is 5.08. The number of halogens is 1. The molecule has 1 aromatic rings. The molecule has 3 rings (SSSR count). The molecule has 1 saturated carbocycles. The van der Waals surface area contributed by atoms with Crippen LogP contribution < -0.4 is 4.74 Å². The Bertz CT molecular complexity index is 412. The van der Waals surface area contributed by atoms with Gasteiger partial charge in [0.05, 0.1) is 12.3 Å². The molecule has 1 aromatic heterocycles. The predicted octanol–water partition coefficient (Wildman–Crippen LogP) is 4.00. The molecule has 2 aliphatic rings. The molecule has 0 spiro atoms. The Hall–Kier alpha value is -0.350. The minimum atomic E-state index is 0.339. The van der Waals surface area contributed by atoms with Gasteiger partial charge in [0.2, 0.25) is 0 Å². The van der Waals surface area contributed by atoms with Crippen LogP contribution in [0.5, 0.6) is 5.75 Å². The maximum Gasteiger partial charge on any atom is 0.176 e. The highest BCUT2D eigenvalue weighted by Crippen LogP contribution is 2.31. The van der Waals surface area contributed by atoms with Crippen LogP contribution in [0.2, 0.25) is 5.15 Å². The number of hydrogen-bond acceptors (Lipinski definition) is 3. The van der Waals surface area contributed by atoms with Crippen molar-refractivity contribution in [3.63, 3.8) is 0 Å². The van der Waals surface area contributed by atoms with Crippen molar-refractivity contribution >= 4 is 23.4 Å². The van der Waals surface area contributed by atoms with E-state index in [0.29, 0.717) is 17.2 Å². The minimum Gasteiger partial charge on any atom is -0.486 e. The maximum atomic E-state index is 6.39. The smallest absolute Gasteiger partial charge is 0.176 e. The molecule has 0 N–H and O–H groups in total. The zero-order valence-electron chi connectivity index (χ0n) is 11.2. The van der Waals surface area contributed by atoms with Crippen molar-refractivity contribution in [2.45, 2.75) is 51.2 Å². The van der Waals surface area contributed by atoms with Crippen molar-refractivity contribution in [3.05, 3.63) is 11.3 Å². The second-order valence-electron chi connectivity index (χ2n) is 5.59. The molecule has 2 fully saturated rings. The van der Waals surface area contributed by atoms with Crippen LogP contribution in [0.4, 0.5) is 0 Å². The van der Waals surface area contributed by atoms with Crippen LogP contribution in [-0.2, 0) is 6.54 Å². The molecule has 19 heavy (non-hydrogen) atoms. The maximum absolute atomic E-state index is 6.39. The van der Waals surface area contributed by atoms with Gasteiger partial charge in [-0.3, -0.25) is 4.68 Å². The van der Waals surface area contributed by atoms with E-state index < -0.39 is 0 Å². The Morgan fingerprint density at radius 1 is 1.32 bits per heavy atom. The molecule has 0 aromatic carbocycles. The first kappa shape index (κ1) is 13.6. The fourth-order valence-corrected chi connectivity index (χ4v) is 4.37. The molecule has 106 valence electrons. The first-order valence-electron chi connectivity index (χ1n) is 7.28. The summed E-state index contributed by atoms with van der Waals surface area (Å²) in [6, 6.07) is 0. The van der Waals surface area contributed by atoms with Crippen LogP contribution in [0.25, 0.3) is 0 Å². The second-order valence-corrected chi connectivity index (χ2v) is 7.10. The molecule has 2 heterocycles. The van der Waals surface area contributed by atoms with Crippen LogP contribution in [0.3, 0.4) is 0 Å². The van der Waals surface area contributed by atoms with E-state index in [-0.39, 0.29) is 0 Å².